The molecule has 0 saturated carbocycles. The van der Waals surface area contributed by atoms with Crippen LogP contribution in [-0.2, 0) is 0 Å². The molecule has 1 N–H and O–H groups in total. The van der Waals surface area contributed by atoms with Gasteiger partial charge in [-0.2, -0.15) is 12.6 Å². The first-order valence-electron chi connectivity index (χ1n) is 6.17. The van der Waals surface area contributed by atoms with Gasteiger partial charge in [-0.15, -0.1) is 0 Å². The molecule has 15 heavy (non-hydrogen) atoms. The molecule has 1 fully saturated rings. The Kier molecular flexibility index (Phi) is 5.44. The smallest absolute Gasteiger partial charge is 0.0667 e. The molecule has 1 unspecified atom stereocenters. The average molecular weight is 231 g/mol. The Morgan fingerprint density at radius 3 is 2.53 bits per heavy atom. The summed E-state index contributed by atoms with van der Waals surface area (Å²) in [6, 6.07) is 0. The van der Waals surface area contributed by atoms with Crippen LogP contribution in [0.25, 0.3) is 0 Å². The van der Waals surface area contributed by atoms with Crippen molar-refractivity contribution >= 4 is 12.6 Å². The van der Waals surface area contributed by atoms with Crippen LogP contribution in [-0.4, -0.2) is 41.5 Å². The molecule has 0 radical (unpaired) electrons. The number of hydrogen-bond acceptors (Lipinski definition) is 3. The zero-order valence-corrected chi connectivity index (χ0v) is 11.0. The van der Waals surface area contributed by atoms with Crippen molar-refractivity contribution in [2.45, 2.75) is 45.6 Å². The molecule has 2 nitrogen and oxygen atoms in total. The summed E-state index contributed by atoms with van der Waals surface area (Å²) >= 11 is 4.49. The molecule has 90 valence electrons. The predicted octanol–water partition coefficient (Wildman–Crippen LogP) is 2.18. The van der Waals surface area contributed by atoms with Crippen molar-refractivity contribution in [3.05, 3.63) is 0 Å². The number of nitrogens with zero attached hydrogens (tertiary/aromatic N) is 1. The van der Waals surface area contributed by atoms with Crippen molar-refractivity contribution < 1.29 is 5.11 Å². The van der Waals surface area contributed by atoms with Gasteiger partial charge in [-0.05, 0) is 43.4 Å². The van der Waals surface area contributed by atoms with Gasteiger partial charge in [0, 0.05) is 13.1 Å². The lowest BCUT2D eigenvalue weighted by Gasteiger charge is -2.39. The van der Waals surface area contributed by atoms with Crippen LogP contribution in [0.2, 0.25) is 0 Å². The molecule has 1 atom stereocenters. The van der Waals surface area contributed by atoms with Crippen LogP contribution in [0.4, 0.5) is 0 Å². The van der Waals surface area contributed by atoms with Crippen LogP contribution >= 0.6 is 12.6 Å². The largest absolute Gasteiger partial charge is 0.392 e. The summed E-state index contributed by atoms with van der Waals surface area (Å²) in [7, 11) is 0. The number of likely N-dealkylation sites (tertiary alicyclic amines) is 1. The van der Waals surface area contributed by atoms with E-state index in [-0.39, 0.29) is 6.10 Å². The van der Waals surface area contributed by atoms with Gasteiger partial charge in [0.2, 0.25) is 0 Å². The van der Waals surface area contributed by atoms with E-state index < -0.39 is 0 Å². The topological polar surface area (TPSA) is 23.5 Å². The van der Waals surface area contributed by atoms with Gasteiger partial charge in [0.05, 0.1) is 6.10 Å². The third-order valence-electron chi connectivity index (χ3n) is 3.88. The SMILES string of the molecule is CCC(CC)(CS)CN1CCCC(O)C1. The van der Waals surface area contributed by atoms with Crippen molar-refractivity contribution in [1.82, 2.24) is 4.90 Å². The number of aliphatic hydroxyl groups excluding tert-OH is 1. The van der Waals surface area contributed by atoms with Gasteiger partial charge in [-0.1, -0.05) is 13.8 Å². The second-order valence-corrected chi connectivity index (χ2v) is 5.21. The first-order valence-corrected chi connectivity index (χ1v) is 6.80. The highest BCUT2D eigenvalue weighted by Gasteiger charge is 2.29. The summed E-state index contributed by atoms with van der Waals surface area (Å²) in [4.78, 5) is 2.41. The maximum absolute atomic E-state index is 9.63. The predicted molar refractivity (Wildman–Crippen MR) is 68.5 cm³/mol. The quantitative estimate of drug-likeness (QED) is 0.709. The second-order valence-electron chi connectivity index (χ2n) is 4.90. The van der Waals surface area contributed by atoms with E-state index in [1.54, 1.807) is 0 Å². The molecule has 0 aromatic carbocycles. The molecule has 1 aliphatic heterocycles. The van der Waals surface area contributed by atoms with Crippen LogP contribution in [0, 0.1) is 5.41 Å². The number of hydrogen-bond donors (Lipinski definition) is 2. The summed E-state index contributed by atoms with van der Waals surface area (Å²) < 4.78 is 0. The van der Waals surface area contributed by atoms with Gasteiger partial charge in [0.1, 0.15) is 0 Å². The van der Waals surface area contributed by atoms with Crippen molar-refractivity contribution in [2.24, 2.45) is 5.41 Å². The lowest BCUT2D eigenvalue weighted by molar-refractivity contribution is 0.0459. The van der Waals surface area contributed by atoms with E-state index in [0.717, 1.165) is 38.2 Å². The standard InChI is InChI=1S/C12H25NOS/c1-3-12(4-2,10-15)9-13-7-5-6-11(14)8-13/h11,14-15H,3-10H2,1-2H3. The Balaban J connectivity index is 2.49. The molecule has 0 bridgehead atoms. The highest BCUT2D eigenvalue weighted by Crippen LogP contribution is 2.30. The fourth-order valence-electron chi connectivity index (χ4n) is 2.40. The first-order chi connectivity index (χ1) is 7.15. The van der Waals surface area contributed by atoms with Crippen LogP contribution in [0.1, 0.15) is 39.5 Å². The average Bonchev–Trinajstić information content (AvgIpc) is 2.26. The van der Waals surface area contributed by atoms with Gasteiger partial charge < -0.3 is 10.0 Å². The highest BCUT2D eigenvalue weighted by atomic mass is 32.1. The molecule has 3 heteroatoms. The van der Waals surface area contributed by atoms with E-state index in [1.807, 2.05) is 0 Å². The fraction of sp³-hybridized carbons (Fsp3) is 1.00. The molecule has 0 aromatic heterocycles. The zero-order valence-electron chi connectivity index (χ0n) is 10.1. The Hall–Kier alpha value is 0.270. The molecule has 1 aliphatic rings. The van der Waals surface area contributed by atoms with E-state index in [1.165, 1.54) is 12.8 Å². The number of rotatable bonds is 5. The van der Waals surface area contributed by atoms with Crippen LogP contribution in [0.5, 0.6) is 0 Å². The van der Waals surface area contributed by atoms with E-state index >= 15 is 0 Å². The van der Waals surface area contributed by atoms with Crippen LogP contribution in [0.15, 0.2) is 0 Å². The number of aliphatic hydroxyl groups is 1. The minimum Gasteiger partial charge on any atom is -0.392 e. The number of β-amino-alcohol motifs (C(OH)–C–C–N with tert-alkyl or cyclic N) is 1. The Morgan fingerprint density at radius 2 is 2.07 bits per heavy atom. The third-order valence-corrected chi connectivity index (χ3v) is 4.55. The Bertz CT molecular complexity index is 174. The molecule has 1 saturated heterocycles. The van der Waals surface area contributed by atoms with E-state index in [0.29, 0.717) is 5.41 Å². The van der Waals surface area contributed by atoms with Crippen LogP contribution < -0.4 is 0 Å². The van der Waals surface area contributed by atoms with E-state index in [4.69, 9.17) is 0 Å². The van der Waals surface area contributed by atoms with Crippen molar-refractivity contribution in [3.63, 3.8) is 0 Å². The highest BCUT2D eigenvalue weighted by molar-refractivity contribution is 7.80. The Morgan fingerprint density at radius 1 is 1.40 bits per heavy atom. The van der Waals surface area contributed by atoms with Gasteiger partial charge in [0.25, 0.3) is 0 Å². The monoisotopic (exact) mass is 231 g/mol. The maximum atomic E-state index is 9.63. The molecule has 0 aromatic rings. The first kappa shape index (κ1) is 13.3. The van der Waals surface area contributed by atoms with Crippen molar-refractivity contribution in [2.75, 3.05) is 25.4 Å². The zero-order chi connectivity index (χ0) is 11.3. The molecule has 0 aliphatic carbocycles. The maximum Gasteiger partial charge on any atom is 0.0667 e. The Labute approximate surface area is 99.5 Å². The molecule has 1 rings (SSSR count). The summed E-state index contributed by atoms with van der Waals surface area (Å²) in [5.74, 6) is 0.951. The second kappa shape index (κ2) is 6.12. The van der Waals surface area contributed by atoms with E-state index in [2.05, 4.69) is 31.4 Å². The molecule has 1 heterocycles. The third kappa shape index (κ3) is 3.65. The van der Waals surface area contributed by atoms with Gasteiger partial charge in [-0.3, -0.25) is 0 Å². The minimum atomic E-state index is -0.106. The molecule has 0 amide bonds. The molecular weight excluding hydrogens is 206 g/mol. The summed E-state index contributed by atoms with van der Waals surface area (Å²) in [6.45, 7) is 7.60. The van der Waals surface area contributed by atoms with Gasteiger partial charge in [-0.25, -0.2) is 0 Å². The van der Waals surface area contributed by atoms with Crippen molar-refractivity contribution in [1.29, 1.82) is 0 Å². The number of piperidine rings is 1. The van der Waals surface area contributed by atoms with Crippen molar-refractivity contribution in [3.8, 4) is 0 Å². The summed E-state index contributed by atoms with van der Waals surface area (Å²) in [5, 5.41) is 9.63. The molecular formula is C12H25NOS. The summed E-state index contributed by atoms with van der Waals surface area (Å²) in [6.07, 6.45) is 4.36. The normalized spacial score (nSPS) is 24.4. The van der Waals surface area contributed by atoms with Crippen LogP contribution in [0.3, 0.4) is 0 Å². The molecule has 0 spiro atoms. The summed E-state index contributed by atoms with van der Waals surface area (Å²) in [5.41, 5.74) is 0.347. The van der Waals surface area contributed by atoms with E-state index in [9.17, 15) is 5.11 Å². The lowest BCUT2D eigenvalue weighted by atomic mass is 9.83. The number of thiol groups is 1. The minimum absolute atomic E-state index is 0.106. The van der Waals surface area contributed by atoms with Gasteiger partial charge >= 0.3 is 0 Å². The van der Waals surface area contributed by atoms with Gasteiger partial charge in [0.15, 0.2) is 0 Å². The lowest BCUT2D eigenvalue weighted by Crippen LogP contribution is -2.45. The fourth-order valence-corrected chi connectivity index (χ4v) is 2.94.